The third-order valence-electron chi connectivity index (χ3n) is 3.68. The van der Waals surface area contributed by atoms with E-state index in [1.807, 2.05) is 24.3 Å². The van der Waals surface area contributed by atoms with Crippen LogP contribution in [-0.4, -0.2) is 18.2 Å². The first-order valence-corrected chi connectivity index (χ1v) is 6.68. The average Bonchev–Trinajstić information content (AvgIpc) is 2.85. The summed E-state index contributed by atoms with van der Waals surface area (Å²) in [6, 6.07) is 7.54. The summed E-state index contributed by atoms with van der Waals surface area (Å²) in [5, 5.41) is 6.60. The van der Waals surface area contributed by atoms with Crippen molar-refractivity contribution in [3.63, 3.8) is 0 Å². The number of nitrogens with one attached hydrogen (secondary N) is 1. The first kappa shape index (κ1) is 12.7. The van der Waals surface area contributed by atoms with E-state index in [1.165, 1.54) is 0 Å². The highest BCUT2D eigenvalue weighted by molar-refractivity contribution is 5.95. The van der Waals surface area contributed by atoms with Gasteiger partial charge in [-0.15, -0.1) is 0 Å². The van der Waals surface area contributed by atoms with Gasteiger partial charge in [0.25, 0.3) is 0 Å². The Morgan fingerprint density at radius 3 is 2.70 bits per heavy atom. The zero-order valence-corrected chi connectivity index (χ0v) is 11.3. The lowest BCUT2D eigenvalue weighted by Crippen LogP contribution is -2.28. The van der Waals surface area contributed by atoms with Crippen LogP contribution in [0.2, 0.25) is 0 Å². The molecule has 1 aliphatic rings. The summed E-state index contributed by atoms with van der Waals surface area (Å²) in [7, 11) is 1.62. The van der Waals surface area contributed by atoms with Gasteiger partial charge < -0.3 is 9.26 Å². The molecule has 0 saturated heterocycles. The van der Waals surface area contributed by atoms with E-state index in [2.05, 4.69) is 10.5 Å². The second-order valence-corrected chi connectivity index (χ2v) is 4.91. The smallest absolute Gasteiger partial charge is 0.239 e. The Morgan fingerprint density at radius 2 is 2.10 bits per heavy atom. The average molecular weight is 272 g/mol. The zero-order valence-electron chi connectivity index (χ0n) is 11.3. The van der Waals surface area contributed by atoms with E-state index in [-0.39, 0.29) is 11.8 Å². The van der Waals surface area contributed by atoms with E-state index in [0.29, 0.717) is 5.88 Å². The van der Waals surface area contributed by atoms with Crippen molar-refractivity contribution in [1.82, 2.24) is 5.16 Å². The van der Waals surface area contributed by atoms with Crippen LogP contribution in [0.5, 0.6) is 5.75 Å². The van der Waals surface area contributed by atoms with Crippen molar-refractivity contribution in [3.05, 3.63) is 30.5 Å². The molecule has 0 radical (unpaired) electrons. The Morgan fingerprint density at radius 1 is 1.35 bits per heavy atom. The van der Waals surface area contributed by atoms with E-state index in [0.717, 1.165) is 36.1 Å². The van der Waals surface area contributed by atoms with E-state index in [4.69, 9.17) is 9.26 Å². The Kier molecular flexibility index (Phi) is 3.41. The molecule has 1 amide bonds. The first-order chi connectivity index (χ1) is 9.78. The van der Waals surface area contributed by atoms with Gasteiger partial charge in [-0.25, -0.2) is 0 Å². The number of aromatic nitrogens is 1. The van der Waals surface area contributed by atoms with E-state index in [9.17, 15) is 4.79 Å². The Bertz CT molecular complexity index is 600. The molecule has 1 aliphatic carbocycles. The molecule has 0 unspecified atom stereocenters. The van der Waals surface area contributed by atoms with Crippen LogP contribution in [0, 0.1) is 5.92 Å². The summed E-state index contributed by atoms with van der Waals surface area (Å²) >= 11 is 0. The highest BCUT2D eigenvalue weighted by Crippen LogP contribution is 2.32. The van der Waals surface area contributed by atoms with Crippen molar-refractivity contribution in [3.8, 4) is 16.9 Å². The number of nitrogens with zero attached hydrogens (tertiary/aromatic N) is 1. The molecule has 1 aromatic heterocycles. The lowest BCUT2D eigenvalue weighted by Gasteiger charge is -2.23. The van der Waals surface area contributed by atoms with Crippen molar-refractivity contribution in [1.29, 1.82) is 0 Å². The fourth-order valence-electron chi connectivity index (χ4n) is 2.19. The van der Waals surface area contributed by atoms with Crippen LogP contribution in [0.15, 0.2) is 35.0 Å². The third kappa shape index (κ3) is 2.39. The minimum Gasteiger partial charge on any atom is -0.497 e. The van der Waals surface area contributed by atoms with Crippen LogP contribution in [0.25, 0.3) is 11.1 Å². The van der Waals surface area contributed by atoms with Crippen LogP contribution >= 0.6 is 0 Å². The van der Waals surface area contributed by atoms with Gasteiger partial charge in [0.1, 0.15) is 5.75 Å². The molecule has 3 rings (SSSR count). The van der Waals surface area contributed by atoms with Crippen LogP contribution < -0.4 is 10.1 Å². The number of rotatable bonds is 4. The summed E-state index contributed by atoms with van der Waals surface area (Å²) < 4.78 is 10.3. The molecule has 0 atom stereocenters. The van der Waals surface area contributed by atoms with E-state index < -0.39 is 0 Å². The Labute approximate surface area is 116 Å². The lowest BCUT2D eigenvalue weighted by atomic mass is 9.85. The second-order valence-electron chi connectivity index (χ2n) is 4.91. The summed E-state index contributed by atoms with van der Waals surface area (Å²) in [5.41, 5.74) is 1.70. The maximum Gasteiger partial charge on any atom is 0.239 e. The van der Waals surface area contributed by atoms with Gasteiger partial charge in [-0.05, 0) is 30.5 Å². The van der Waals surface area contributed by atoms with Gasteiger partial charge in [-0.1, -0.05) is 23.7 Å². The summed E-state index contributed by atoms with van der Waals surface area (Å²) in [4.78, 5) is 12.0. The van der Waals surface area contributed by atoms with Crippen LogP contribution in [-0.2, 0) is 4.79 Å². The van der Waals surface area contributed by atoms with Crippen molar-refractivity contribution >= 4 is 11.8 Å². The standard InChI is InChI=1S/C15H16N2O3/c1-19-12-7-5-10(6-8-12)13-9-16-20-15(13)17-14(18)11-3-2-4-11/h5-9,11H,2-4H2,1H3,(H,17,18). The number of methoxy groups -OCH3 is 1. The molecule has 1 N–H and O–H groups in total. The predicted molar refractivity (Wildman–Crippen MR) is 74.5 cm³/mol. The molecular weight excluding hydrogens is 256 g/mol. The van der Waals surface area contributed by atoms with Gasteiger partial charge in [0, 0.05) is 5.92 Å². The predicted octanol–water partition coefficient (Wildman–Crippen LogP) is 3.09. The normalized spacial score (nSPS) is 14.7. The molecule has 1 heterocycles. The number of ether oxygens (including phenoxy) is 1. The summed E-state index contributed by atoms with van der Waals surface area (Å²) in [5.74, 6) is 1.32. The lowest BCUT2D eigenvalue weighted by molar-refractivity contribution is -0.122. The number of amides is 1. The second kappa shape index (κ2) is 5.36. The molecule has 1 fully saturated rings. The molecule has 1 saturated carbocycles. The molecule has 1 aromatic carbocycles. The molecule has 5 heteroatoms. The topological polar surface area (TPSA) is 64.4 Å². The van der Waals surface area contributed by atoms with Crippen molar-refractivity contribution < 1.29 is 14.1 Å². The van der Waals surface area contributed by atoms with Gasteiger partial charge in [0.2, 0.25) is 11.8 Å². The maximum atomic E-state index is 12.0. The zero-order chi connectivity index (χ0) is 13.9. The highest BCUT2D eigenvalue weighted by Gasteiger charge is 2.26. The molecule has 0 spiro atoms. The first-order valence-electron chi connectivity index (χ1n) is 6.68. The van der Waals surface area contributed by atoms with Gasteiger partial charge in [0.05, 0.1) is 18.9 Å². The summed E-state index contributed by atoms with van der Waals surface area (Å²) in [6.07, 6.45) is 4.65. The van der Waals surface area contributed by atoms with Crippen molar-refractivity contribution in [2.24, 2.45) is 5.92 Å². The Balaban J connectivity index is 1.79. The SMILES string of the molecule is COc1ccc(-c2cnoc2NC(=O)C2CCC2)cc1. The molecular formula is C15H16N2O3. The number of hydrogen-bond acceptors (Lipinski definition) is 4. The molecule has 104 valence electrons. The van der Waals surface area contributed by atoms with Gasteiger partial charge in [-0.3, -0.25) is 10.1 Å². The van der Waals surface area contributed by atoms with Crippen LogP contribution in [0.4, 0.5) is 5.88 Å². The number of benzene rings is 1. The monoisotopic (exact) mass is 272 g/mol. The van der Waals surface area contributed by atoms with Crippen LogP contribution in [0.3, 0.4) is 0 Å². The van der Waals surface area contributed by atoms with Crippen molar-refractivity contribution in [2.75, 3.05) is 12.4 Å². The number of anilines is 1. The minimum atomic E-state index is 0.0164. The summed E-state index contributed by atoms with van der Waals surface area (Å²) in [6.45, 7) is 0. The largest absolute Gasteiger partial charge is 0.497 e. The molecule has 0 aliphatic heterocycles. The van der Waals surface area contributed by atoms with E-state index >= 15 is 0 Å². The van der Waals surface area contributed by atoms with Crippen molar-refractivity contribution in [2.45, 2.75) is 19.3 Å². The third-order valence-corrected chi connectivity index (χ3v) is 3.68. The number of carbonyl (C=O) groups excluding carboxylic acids is 1. The van der Waals surface area contributed by atoms with Gasteiger partial charge >= 0.3 is 0 Å². The fourth-order valence-corrected chi connectivity index (χ4v) is 2.19. The number of hydrogen-bond donors (Lipinski definition) is 1. The van der Waals surface area contributed by atoms with Crippen LogP contribution in [0.1, 0.15) is 19.3 Å². The highest BCUT2D eigenvalue weighted by atomic mass is 16.5. The maximum absolute atomic E-state index is 12.0. The molecule has 0 bridgehead atoms. The molecule has 2 aromatic rings. The van der Waals surface area contributed by atoms with Gasteiger partial charge in [-0.2, -0.15) is 0 Å². The Hall–Kier alpha value is -2.30. The van der Waals surface area contributed by atoms with Gasteiger partial charge in [0.15, 0.2) is 0 Å². The fraction of sp³-hybridized carbons (Fsp3) is 0.333. The minimum absolute atomic E-state index is 0.0164. The van der Waals surface area contributed by atoms with E-state index in [1.54, 1.807) is 13.3 Å². The number of carbonyl (C=O) groups is 1. The molecule has 20 heavy (non-hydrogen) atoms. The molecule has 5 nitrogen and oxygen atoms in total. The quantitative estimate of drug-likeness (QED) is 0.928.